The highest BCUT2D eigenvalue weighted by Crippen LogP contribution is 2.49. The van der Waals surface area contributed by atoms with Crippen LogP contribution in [0.4, 0.5) is 10.5 Å². The Kier molecular flexibility index (Phi) is 35.4. The van der Waals surface area contributed by atoms with Gasteiger partial charge in [0.15, 0.2) is 0 Å². The number of unbranched alkanes of at least 4 members (excludes halogenated alkanes) is 1. The number of primary amides is 1. The van der Waals surface area contributed by atoms with E-state index in [1.54, 1.807) is 67.7 Å². The van der Waals surface area contributed by atoms with Crippen molar-refractivity contribution in [3.05, 3.63) is 148 Å². The van der Waals surface area contributed by atoms with Gasteiger partial charge >= 0.3 is 12.1 Å². The van der Waals surface area contributed by atoms with E-state index in [0.29, 0.717) is 58.3 Å². The molecule has 1 unspecified atom stereocenters. The van der Waals surface area contributed by atoms with E-state index < -0.39 is 180 Å². The number of allylic oxidation sites excluding steroid dienone is 3. The molecule has 3 fully saturated rings. The minimum atomic E-state index is -1.81. The first-order valence-corrected chi connectivity index (χ1v) is 45.1. The molecule has 38 heteroatoms. The van der Waals surface area contributed by atoms with Crippen LogP contribution < -0.4 is 69.4 Å². The van der Waals surface area contributed by atoms with Crippen LogP contribution in [0.2, 0.25) is 5.02 Å². The van der Waals surface area contributed by atoms with Crippen LogP contribution in [-0.4, -0.2) is 246 Å². The van der Waals surface area contributed by atoms with Crippen LogP contribution in [0, 0.1) is 5.92 Å². The molecule has 9 rings (SSSR count). The van der Waals surface area contributed by atoms with Crippen LogP contribution in [0.5, 0.6) is 11.5 Å². The fourth-order valence-corrected chi connectivity index (χ4v) is 19.1. The maximum atomic E-state index is 15.1. The van der Waals surface area contributed by atoms with Gasteiger partial charge in [0.25, 0.3) is 0 Å². The second kappa shape index (κ2) is 45.0. The summed E-state index contributed by atoms with van der Waals surface area (Å²) in [7, 11) is 9.99. The SMILES string of the molecule is COc1cc2cc(c1Cl)N(C)C(=O)C[C@H](OC(=O)[C@H](C)N(C)C(=O)CCSSC[C@H](NC(=O)[C@@H]1CSSC[C@H](NC(=O)[C@H](N)Cc3ccccc3)C(=O)N[C@@H](Cc3ccc(O)cc3)C(=O)N[C@H](Cc3c[nH]c4ccccc34)C(=O)N[C@@H](CCCCN)C(=O)N[C@@H]([C@@H](C)O)C(=O)N1)C(N)=O)[C@]1(C)O[C@H]1[C@H](C)[C@@H]1CC(NC(=O)O1)[C@H](OC)/C=C/C=C(\C)C2. The number of carbonyl (C=O) groups excluding carboxylic acids is 12. The van der Waals surface area contributed by atoms with E-state index in [-0.39, 0.29) is 78.9 Å². The van der Waals surface area contributed by atoms with Crippen LogP contribution in [0.15, 0.2) is 121 Å². The Balaban J connectivity index is 0.908. The molecule has 656 valence electrons. The highest BCUT2D eigenvalue weighted by Gasteiger charge is 2.64. The number of hydrogen-bond acceptors (Lipinski definition) is 25. The lowest BCUT2D eigenvalue weighted by Crippen LogP contribution is -2.62. The number of phenols is 1. The number of aromatic amines is 1. The van der Waals surface area contributed by atoms with Gasteiger partial charge in [0, 0.05) is 92.9 Å². The molecule has 0 aliphatic carbocycles. The van der Waals surface area contributed by atoms with Gasteiger partial charge in [-0.3, -0.25) is 47.9 Å². The standard InChI is InChI=1S/C83H109ClN14O19S4/c1-44-18-17-24-64(113-8)57-38-65(115-82(112)95-57)45(2)72-83(5,117-72)67(39-69(102)98(7)63-35-50(32-44)36-66(114-9)70(63)84)116-81(111)46(3)97(6)68(101)29-31-118-119-41-60(73(87)103)92-79(109)62-43-121-120-42-61(93-74(104)54(86)33-48-19-11-10-12-20-48)78(108)90-58(34-49-25-27-52(100)28-26-49)76(106)91-59(37-51-40-88-55-22-14-13-21-53(51)55)77(107)89-56(23-15-16-30-85)75(105)96-71(47(4)99)80(110)94-62/h10-14,17-22,24-28,35-36,40,45-47,54,56-62,64-65,67,71-72,88,99-100H,15-16,23,29-34,37-39,41-43,85-86H2,1-9H3,(H2,87,103)(H,89,107)(H,90,108)(H,91,106)(H,92,109)(H,93,104)(H,94,110)(H,95,112)(H,96,105)/b24-17+,44-18+/t45-,46+,47-,54-,56+,57?,58+,59-,60+,61+,62+,64-,65+,67+,71+,72+,83+/m1/s1. The lowest BCUT2D eigenvalue weighted by Gasteiger charge is -2.36. The molecule has 11 amide bonds. The second-order valence-electron chi connectivity index (χ2n) is 30.6. The number of benzene rings is 4. The van der Waals surface area contributed by atoms with Gasteiger partial charge in [-0.2, -0.15) is 0 Å². The molecule has 17 N–H and O–H groups in total. The number of methoxy groups -OCH3 is 2. The maximum absolute atomic E-state index is 15.1. The largest absolute Gasteiger partial charge is 0.508 e. The molecule has 3 saturated heterocycles. The van der Waals surface area contributed by atoms with Crippen molar-refractivity contribution < 1.29 is 91.4 Å². The number of para-hydroxylation sites is 1. The number of ether oxygens (including phenoxy) is 5. The van der Waals surface area contributed by atoms with E-state index in [1.807, 2.05) is 44.2 Å². The smallest absolute Gasteiger partial charge is 0.407 e. The lowest BCUT2D eigenvalue weighted by molar-refractivity contribution is -0.162. The third kappa shape index (κ3) is 26.5. The normalized spacial score (nSPS) is 26.0. The summed E-state index contributed by atoms with van der Waals surface area (Å²) in [6, 6.07) is 11.8. The van der Waals surface area contributed by atoms with Gasteiger partial charge in [0.05, 0.1) is 49.6 Å². The Morgan fingerprint density at radius 1 is 0.835 bits per heavy atom. The van der Waals surface area contributed by atoms with Crippen LogP contribution in [0.25, 0.3) is 10.9 Å². The van der Waals surface area contributed by atoms with Crippen molar-refractivity contribution in [1.29, 1.82) is 0 Å². The Morgan fingerprint density at radius 3 is 2.21 bits per heavy atom. The van der Waals surface area contributed by atoms with E-state index in [9.17, 15) is 58.2 Å². The summed E-state index contributed by atoms with van der Waals surface area (Å²) in [5.74, 6) is -10.3. The van der Waals surface area contributed by atoms with E-state index >= 15 is 9.59 Å². The molecule has 4 bridgehead atoms. The number of aliphatic hydroxyl groups excluding tert-OH is 1. The number of anilines is 1. The Labute approximate surface area is 723 Å². The number of fused-ring (bicyclic) bond motifs is 6. The molecular weight excluding hydrogens is 1660 g/mol. The Morgan fingerprint density at radius 2 is 1.51 bits per heavy atom. The number of aromatic hydroxyl groups is 1. The maximum Gasteiger partial charge on any atom is 0.407 e. The van der Waals surface area contributed by atoms with Crippen molar-refractivity contribution in [1.82, 2.24) is 52.4 Å². The van der Waals surface area contributed by atoms with Gasteiger partial charge in [-0.25, -0.2) is 9.59 Å². The minimum absolute atomic E-state index is 0.0568. The predicted molar refractivity (Wildman–Crippen MR) is 463 cm³/mol. The van der Waals surface area contributed by atoms with E-state index in [2.05, 4.69) is 47.5 Å². The molecule has 33 nitrogen and oxygen atoms in total. The van der Waals surface area contributed by atoms with Crippen molar-refractivity contribution >= 4 is 143 Å². The van der Waals surface area contributed by atoms with Gasteiger partial charge in [-0.15, -0.1) is 0 Å². The number of aliphatic hydroxyl groups is 1. The zero-order valence-corrected chi connectivity index (χ0v) is 72.8. The molecule has 4 aromatic carbocycles. The number of nitrogens with two attached hydrogens (primary N) is 3. The summed E-state index contributed by atoms with van der Waals surface area (Å²) < 4.78 is 30.0. The first-order chi connectivity index (χ1) is 57.7. The summed E-state index contributed by atoms with van der Waals surface area (Å²) >= 11 is 6.90. The number of hydrogen-bond donors (Lipinski definition) is 14. The fraction of sp³-hybridized carbons (Fsp3) is 0.494. The molecule has 0 spiro atoms. The number of halogens is 1. The zero-order valence-electron chi connectivity index (χ0n) is 68.8. The van der Waals surface area contributed by atoms with Crippen molar-refractivity contribution in [3.63, 3.8) is 0 Å². The number of nitrogens with one attached hydrogen (secondary N) is 9. The summed E-state index contributed by atoms with van der Waals surface area (Å²) in [5.41, 5.74) is 21.5. The average Bonchev–Trinajstić information content (AvgIpc) is 1.57. The van der Waals surface area contributed by atoms with Crippen LogP contribution in [0.1, 0.15) is 95.4 Å². The summed E-state index contributed by atoms with van der Waals surface area (Å²) in [6.07, 6.45) is 2.14. The molecule has 5 aromatic rings. The molecular formula is C83H109ClN14O19S4. The van der Waals surface area contributed by atoms with Crippen LogP contribution >= 0.6 is 54.8 Å². The van der Waals surface area contributed by atoms with Gasteiger partial charge in [-0.05, 0) is 119 Å². The van der Waals surface area contributed by atoms with Gasteiger partial charge in [0.2, 0.25) is 59.1 Å². The first-order valence-electron chi connectivity index (χ1n) is 39.7. The molecule has 0 radical (unpaired) electrons. The number of esters is 1. The molecule has 121 heavy (non-hydrogen) atoms. The Hall–Kier alpha value is -9.57. The third-order valence-electron chi connectivity index (χ3n) is 21.7. The van der Waals surface area contributed by atoms with Crippen LogP contribution in [-0.2, 0) is 97.4 Å². The van der Waals surface area contributed by atoms with E-state index in [4.69, 9.17) is 52.5 Å². The molecule has 17 atom stereocenters. The lowest BCUT2D eigenvalue weighted by atomic mass is 9.84. The number of likely N-dealkylation sites (N-methyl/N-ethyl adjacent to an activating group) is 1. The number of H-pyrrole nitrogens is 1. The Bertz CT molecular complexity index is 4570. The zero-order chi connectivity index (χ0) is 87.9. The number of phenolic OH excluding ortho intramolecular Hbond substituents is 1. The van der Waals surface area contributed by atoms with Crippen LogP contribution in [0.3, 0.4) is 0 Å². The van der Waals surface area contributed by atoms with E-state index in [0.717, 1.165) is 54.3 Å². The summed E-state index contributed by atoms with van der Waals surface area (Å²) in [6.45, 7) is 8.33. The minimum Gasteiger partial charge on any atom is -0.508 e. The van der Waals surface area contributed by atoms with Gasteiger partial charge in [-0.1, -0.05) is 146 Å². The molecule has 1 aromatic heterocycles. The number of nitrogens with zero attached hydrogens (tertiary/aromatic N) is 2. The monoisotopic (exact) mass is 1770 g/mol. The van der Waals surface area contributed by atoms with Crippen molar-refractivity contribution in [2.45, 2.75) is 195 Å². The number of aromatic nitrogens is 1. The van der Waals surface area contributed by atoms with Gasteiger partial charge in [0.1, 0.15) is 82.7 Å². The quantitative estimate of drug-likeness (QED) is 0.0153. The van der Waals surface area contributed by atoms with Crippen molar-refractivity contribution in [2.24, 2.45) is 23.1 Å². The van der Waals surface area contributed by atoms with Gasteiger partial charge < -0.3 is 108 Å². The van der Waals surface area contributed by atoms with E-state index in [1.165, 1.54) is 76.2 Å². The highest BCUT2D eigenvalue weighted by molar-refractivity contribution is 8.77. The number of alkyl carbamates (subject to hydrolysis) is 1. The molecule has 5 heterocycles. The molecule has 4 aliphatic rings. The predicted octanol–water partition coefficient (Wildman–Crippen LogP) is 3.99. The summed E-state index contributed by atoms with van der Waals surface area (Å²) in [5, 5.41) is 44.1. The fourth-order valence-electron chi connectivity index (χ4n) is 14.3. The molecule has 4 aliphatic heterocycles. The number of rotatable bonds is 27. The third-order valence-corrected chi connectivity index (χ3v) is 26.9. The molecule has 0 saturated carbocycles. The first kappa shape index (κ1) is 95.3. The summed E-state index contributed by atoms with van der Waals surface area (Å²) in [4.78, 5) is 179. The number of epoxide rings is 1. The topological polar surface area (TPSA) is 491 Å². The number of amides is 11. The second-order valence-corrected chi connectivity index (χ2v) is 36.2. The average molecular weight is 1770 g/mol. The highest BCUT2D eigenvalue weighted by atomic mass is 35.5. The number of carbonyl (C=O) groups is 12. The van der Waals surface area contributed by atoms with Crippen molar-refractivity contribution in [2.75, 3.05) is 62.8 Å². The van der Waals surface area contributed by atoms with Crippen molar-refractivity contribution in [3.8, 4) is 11.5 Å².